The standard InChI is InChI=1S/C14H16ClN3O3S/c1-20-8-2-7-16-12(19)9-22-14-18-17-13(21-14)10-3-5-11(15)6-4-10/h3-6H,2,7-9H2,1H3,(H,16,19). The predicted molar refractivity (Wildman–Crippen MR) is 85.0 cm³/mol. The van der Waals surface area contributed by atoms with E-state index < -0.39 is 0 Å². The summed E-state index contributed by atoms with van der Waals surface area (Å²) in [5, 5.41) is 11.6. The number of carbonyl (C=O) groups excluding carboxylic acids is 1. The topological polar surface area (TPSA) is 77.2 Å². The van der Waals surface area contributed by atoms with Crippen LogP contribution in [0.4, 0.5) is 0 Å². The van der Waals surface area contributed by atoms with Crippen LogP contribution in [0.3, 0.4) is 0 Å². The van der Waals surface area contributed by atoms with Crippen molar-refractivity contribution in [2.24, 2.45) is 0 Å². The summed E-state index contributed by atoms with van der Waals surface area (Å²) in [6, 6.07) is 7.10. The second kappa shape index (κ2) is 8.77. The molecule has 0 atom stereocenters. The third kappa shape index (κ3) is 5.32. The van der Waals surface area contributed by atoms with E-state index in [9.17, 15) is 4.79 Å². The Morgan fingerprint density at radius 2 is 2.14 bits per heavy atom. The van der Waals surface area contributed by atoms with Crippen LogP contribution >= 0.6 is 23.4 Å². The molecule has 0 radical (unpaired) electrons. The van der Waals surface area contributed by atoms with E-state index >= 15 is 0 Å². The molecule has 22 heavy (non-hydrogen) atoms. The van der Waals surface area contributed by atoms with E-state index in [-0.39, 0.29) is 11.7 Å². The van der Waals surface area contributed by atoms with E-state index in [0.717, 1.165) is 12.0 Å². The highest BCUT2D eigenvalue weighted by Gasteiger charge is 2.11. The Morgan fingerprint density at radius 1 is 1.36 bits per heavy atom. The van der Waals surface area contributed by atoms with E-state index in [1.165, 1.54) is 11.8 Å². The first kappa shape index (κ1) is 16.8. The number of rotatable bonds is 8. The summed E-state index contributed by atoms with van der Waals surface area (Å²) in [6.45, 7) is 1.22. The van der Waals surface area contributed by atoms with Crippen molar-refractivity contribution in [3.05, 3.63) is 29.3 Å². The summed E-state index contributed by atoms with van der Waals surface area (Å²) < 4.78 is 10.4. The second-order valence-electron chi connectivity index (χ2n) is 4.36. The van der Waals surface area contributed by atoms with Gasteiger partial charge in [-0.15, -0.1) is 10.2 Å². The number of benzene rings is 1. The van der Waals surface area contributed by atoms with Gasteiger partial charge >= 0.3 is 0 Å². The van der Waals surface area contributed by atoms with Gasteiger partial charge in [0.25, 0.3) is 5.22 Å². The van der Waals surface area contributed by atoms with Crippen LogP contribution < -0.4 is 5.32 Å². The Morgan fingerprint density at radius 3 is 2.86 bits per heavy atom. The number of nitrogens with zero attached hydrogens (tertiary/aromatic N) is 2. The summed E-state index contributed by atoms with van der Waals surface area (Å²) in [5.41, 5.74) is 0.785. The lowest BCUT2D eigenvalue weighted by molar-refractivity contribution is -0.118. The fourth-order valence-electron chi connectivity index (χ4n) is 1.60. The second-order valence-corrected chi connectivity index (χ2v) is 5.73. The van der Waals surface area contributed by atoms with Gasteiger partial charge in [-0.05, 0) is 30.7 Å². The maximum atomic E-state index is 11.6. The number of methoxy groups -OCH3 is 1. The van der Waals surface area contributed by atoms with Gasteiger partial charge in [0.15, 0.2) is 0 Å². The fraction of sp³-hybridized carbons (Fsp3) is 0.357. The molecule has 8 heteroatoms. The maximum Gasteiger partial charge on any atom is 0.277 e. The molecule has 1 aromatic carbocycles. The molecule has 0 saturated carbocycles. The summed E-state index contributed by atoms with van der Waals surface area (Å²) in [6.07, 6.45) is 0.786. The van der Waals surface area contributed by atoms with Crippen molar-refractivity contribution in [2.45, 2.75) is 11.6 Å². The van der Waals surface area contributed by atoms with Crippen LogP contribution in [-0.4, -0.2) is 42.1 Å². The molecule has 0 saturated heterocycles. The number of hydrogen-bond donors (Lipinski definition) is 1. The molecule has 2 rings (SSSR count). The van der Waals surface area contributed by atoms with Gasteiger partial charge in [0, 0.05) is 30.8 Å². The van der Waals surface area contributed by atoms with Crippen LogP contribution in [0.15, 0.2) is 33.9 Å². The Kier molecular flexibility index (Phi) is 6.70. The molecular formula is C14H16ClN3O3S. The Hall–Kier alpha value is -1.57. The minimum atomic E-state index is -0.0765. The van der Waals surface area contributed by atoms with E-state index in [0.29, 0.717) is 29.3 Å². The number of halogens is 1. The minimum Gasteiger partial charge on any atom is -0.411 e. The van der Waals surface area contributed by atoms with Crippen LogP contribution in [0.5, 0.6) is 0 Å². The average molecular weight is 342 g/mol. The molecule has 2 aromatic rings. The van der Waals surface area contributed by atoms with Gasteiger partial charge in [-0.1, -0.05) is 23.4 Å². The lowest BCUT2D eigenvalue weighted by Crippen LogP contribution is -2.26. The first-order valence-corrected chi connectivity index (χ1v) is 8.03. The first-order valence-electron chi connectivity index (χ1n) is 6.67. The Balaban J connectivity index is 1.79. The van der Waals surface area contributed by atoms with Crippen LogP contribution in [0.2, 0.25) is 5.02 Å². The molecule has 6 nitrogen and oxygen atoms in total. The molecule has 1 heterocycles. The molecule has 0 aliphatic rings. The van der Waals surface area contributed by atoms with Gasteiger partial charge < -0.3 is 14.5 Å². The number of amides is 1. The number of aromatic nitrogens is 2. The molecule has 1 N–H and O–H groups in total. The van der Waals surface area contributed by atoms with Gasteiger partial charge in [0.1, 0.15) is 0 Å². The third-order valence-corrected chi connectivity index (χ3v) is 3.74. The highest BCUT2D eigenvalue weighted by Crippen LogP contribution is 2.24. The highest BCUT2D eigenvalue weighted by molar-refractivity contribution is 7.99. The molecule has 0 spiro atoms. The molecule has 0 aliphatic carbocycles. The lowest BCUT2D eigenvalue weighted by Gasteiger charge is -2.02. The molecule has 0 unspecified atom stereocenters. The van der Waals surface area contributed by atoms with Gasteiger partial charge in [-0.25, -0.2) is 0 Å². The summed E-state index contributed by atoms with van der Waals surface area (Å²) in [7, 11) is 1.63. The van der Waals surface area contributed by atoms with E-state index in [4.69, 9.17) is 20.8 Å². The maximum absolute atomic E-state index is 11.6. The van der Waals surface area contributed by atoms with Gasteiger partial charge in [0.05, 0.1) is 5.75 Å². The number of nitrogens with one attached hydrogen (secondary N) is 1. The Bertz CT molecular complexity index is 604. The SMILES string of the molecule is COCCCNC(=O)CSc1nnc(-c2ccc(Cl)cc2)o1. The zero-order valence-electron chi connectivity index (χ0n) is 12.0. The van der Waals surface area contributed by atoms with E-state index in [2.05, 4.69) is 15.5 Å². The summed E-state index contributed by atoms with van der Waals surface area (Å²) in [4.78, 5) is 11.6. The summed E-state index contributed by atoms with van der Waals surface area (Å²) >= 11 is 7.03. The number of carbonyl (C=O) groups is 1. The fourth-order valence-corrected chi connectivity index (χ4v) is 2.32. The number of thioether (sulfide) groups is 1. The van der Waals surface area contributed by atoms with Crippen LogP contribution in [-0.2, 0) is 9.53 Å². The van der Waals surface area contributed by atoms with Crippen molar-refractivity contribution in [2.75, 3.05) is 26.0 Å². The normalized spacial score (nSPS) is 10.6. The van der Waals surface area contributed by atoms with Crippen LogP contribution in [0.1, 0.15) is 6.42 Å². The lowest BCUT2D eigenvalue weighted by atomic mass is 10.2. The smallest absolute Gasteiger partial charge is 0.277 e. The molecule has 0 fully saturated rings. The largest absolute Gasteiger partial charge is 0.411 e. The average Bonchev–Trinajstić information content (AvgIpc) is 2.99. The van der Waals surface area contributed by atoms with Crippen LogP contribution in [0.25, 0.3) is 11.5 Å². The molecule has 0 bridgehead atoms. The molecule has 1 amide bonds. The monoisotopic (exact) mass is 341 g/mol. The first-order chi connectivity index (χ1) is 10.7. The minimum absolute atomic E-state index is 0.0765. The van der Waals surface area contributed by atoms with Gasteiger partial charge in [-0.2, -0.15) is 0 Å². The molecule has 0 aliphatic heterocycles. The van der Waals surface area contributed by atoms with E-state index in [1.807, 2.05) is 0 Å². The van der Waals surface area contributed by atoms with Crippen molar-refractivity contribution >= 4 is 29.3 Å². The van der Waals surface area contributed by atoms with Gasteiger partial charge in [0.2, 0.25) is 11.8 Å². The van der Waals surface area contributed by atoms with Crippen molar-refractivity contribution in [1.29, 1.82) is 0 Å². The van der Waals surface area contributed by atoms with Crippen molar-refractivity contribution in [3.63, 3.8) is 0 Å². The number of hydrogen-bond acceptors (Lipinski definition) is 6. The third-order valence-electron chi connectivity index (χ3n) is 2.67. The van der Waals surface area contributed by atoms with Crippen LogP contribution in [0, 0.1) is 0 Å². The quantitative estimate of drug-likeness (QED) is 0.587. The zero-order valence-corrected chi connectivity index (χ0v) is 13.6. The molecule has 1 aromatic heterocycles. The predicted octanol–water partition coefficient (Wildman–Crippen LogP) is 2.63. The van der Waals surface area contributed by atoms with E-state index in [1.54, 1.807) is 31.4 Å². The van der Waals surface area contributed by atoms with Crippen molar-refractivity contribution in [1.82, 2.24) is 15.5 Å². The highest BCUT2D eigenvalue weighted by atomic mass is 35.5. The van der Waals surface area contributed by atoms with Crippen molar-refractivity contribution in [3.8, 4) is 11.5 Å². The Labute approximate surface area is 137 Å². The summed E-state index contributed by atoms with van der Waals surface area (Å²) in [5.74, 6) is 0.557. The molecule has 118 valence electrons. The number of ether oxygens (including phenoxy) is 1. The van der Waals surface area contributed by atoms with Crippen molar-refractivity contribution < 1.29 is 13.9 Å². The molecular weight excluding hydrogens is 326 g/mol. The van der Waals surface area contributed by atoms with Gasteiger partial charge in [-0.3, -0.25) is 4.79 Å². The zero-order chi connectivity index (χ0) is 15.8.